The predicted molar refractivity (Wildman–Crippen MR) is 123 cm³/mol. The fourth-order valence-electron chi connectivity index (χ4n) is 6.01. The van der Waals surface area contributed by atoms with Crippen molar-refractivity contribution in [1.29, 1.82) is 0 Å². The Morgan fingerprint density at radius 2 is 1.91 bits per heavy atom. The Morgan fingerprint density at radius 3 is 2.72 bits per heavy atom. The van der Waals surface area contributed by atoms with Crippen molar-refractivity contribution in [2.45, 2.75) is 51.4 Å². The maximum absolute atomic E-state index is 5.66. The van der Waals surface area contributed by atoms with E-state index in [2.05, 4.69) is 60.4 Å². The van der Waals surface area contributed by atoms with Crippen LogP contribution in [0.15, 0.2) is 59.4 Å². The lowest BCUT2D eigenvalue weighted by Crippen LogP contribution is -2.45. The number of fused-ring (bicyclic) bond motifs is 4. The Hall–Kier alpha value is -3.34. The maximum atomic E-state index is 5.66. The molecule has 5 nitrogen and oxygen atoms in total. The van der Waals surface area contributed by atoms with E-state index in [1.54, 1.807) is 0 Å². The Morgan fingerprint density at radius 1 is 1.06 bits per heavy atom. The largest absolute Gasteiger partial charge is 0.361 e. The van der Waals surface area contributed by atoms with Gasteiger partial charge in [-0.25, -0.2) is 9.97 Å². The molecule has 2 aliphatic rings. The minimum Gasteiger partial charge on any atom is -0.361 e. The number of nitrogens with zero attached hydrogens (tertiary/aromatic N) is 4. The second kappa shape index (κ2) is 7.09. The summed E-state index contributed by atoms with van der Waals surface area (Å²) in [7, 11) is 0. The van der Waals surface area contributed by atoms with E-state index in [0.717, 1.165) is 53.4 Å². The quantitative estimate of drug-likeness (QED) is 0.416. The van der Waals surface area contributed by atoms with Crippen molar-refractivity contribution in [3.8, 4) is 22.6 Å². The van der Waals surface area contributed by atoms with Gasteiger partial charge in [-0.05, 0) is 44.2 Å². The minimum absolute atomic E-state index is 0.0884. The highest BCUT2D eigenvalue weighted by Crippen LogP contribution is 2.54. The minimum atomic E-state index is -0.0884. The topological polar surface area (TPSA) is 64.7 Å². The maximum Gasteiger partial charge on any atom is 0.160 e. The van der Waals surface area contributed by atoms with Crippen molar-refractivity contribution in [3.05, 3.63) is 83.1 Å². The molecule has 0 bridgehead atoms. The van der Waals surface area contributed by atoms with Crippen LogP contribution in [0.4, 0.5) is 0 Å². The second-order valence-corrected chi connectivity index (χ2v) is 9.52. The van der Waals surface area contributed by atoms with Crippen molar-refractivity contribution in [3.63, 3.8) is 0 Å². The molecule has 3 heterocycles. The van der Waals surface area contributed by atoms with E-state index in [9.17, 15) is 0 Å². The zero-order valence-electron chi connectivity index (χ0n) is 18.7. The summed E-state index contributed by atoms with van der Waals surface area (Å²) in [5.74, 6) is 2.61. The normalized spacial score (nSPS) is 23.8. The highest BCUT2D eigenvalue weighted by atomic mass is 16.5. The molecule has 0 saturated carbocycles. The van der Waals surface area contributed by atoms with Gasteiger partial charge in [0.1, 0.15) is 5.76 Å². The van der Waals surface area contributed by atoms with Gasteiger partial charge in [0.05, 0.1) is 17.6 Å². The van der Waals surface area contributed by atoms with Crippen molar-refractivity contribution >= 4 is 0 Å². The number of aromatic nitrogens is 4. The molecule has 160 valence electrons. The molecular weight excluding hydrogens is 396 g/mol. The zero-order valence-corrected chi connectivity index (χ0v) is 18.7. The van der Waals surface area contributed by atoms with Crippen LogP contribution in [-0.2, 0) is 18.3 Å². The molecule has 4 aromatic rings. The summed E-state index contributed by atoms with van der Waals surface area (Å²) in [6.07, 6.45) is 6.71. The summed E-state index contributed by atoms with van der Waals surface area (Å²) in [6, 6.07) is 14.6. The first-order valence-electron chi connectivity index (χ1n) is 11.4. The summed E-state index contributed by atoms with van der Waals surface area (Å²) in [6.45, 7) is 6.67. The molecular formula is C27H26N4O. The highest BCUT2D eigenvalue weighted by molar-refractivity contribution is 5.69. The van der Waals surface area contributed by atoms with Crippen LogP contribution in [0.2, 0.25) is 0 Å². The Labute approximate surface area is 187 Å². The van der Waals surface area contributed by atoms with Crippen LogP contribution in [0.3, 0.4) is 0 Å². The van der Waals surface area contributed by atoms with Gasteiger partial charge in [0, 0.05) is 45.5 Å². The average Bonchev–Trinajstić information content (AvgIpc) is 3.27. The number of benzene rings is 1. The molecule has 3 atom stereocenters. The van der Waals surface area contributed by atoms with E-state index in [0.29, 0.717) is 11.8 Å². The van der Waals surface area contributed by atoms with E-state index in [1.165, 1.54) is 16.8 Å². The second-order valence-electron chi connectivity index (χ2n) is 9.52. The number of hydrogen-bond acceptors (Lipinski definition) is 5. The van der Waals surface area contributed by atoms with Gasteiger partial charge in [-0.15, -0.1) is 0 Å². The molecule has 0 N–H and O–H groups in total. The van der Waals surface area contributed by atoms with E-state index in [-0.39, 0.29) is 5.41 Å². The number of pyridine rings is 1. The van der Waals surface area contributed by atoms with E-state index in [1.807, 2.05) is 25.4 Å². The third-order valence-corrected chi connectivity index (χ3v) is 7.52. The van der Waals surface area contributed by atoms with E-state index < -0.39 is 0 Å². The van der Waals surface area contributed by atoms with Gasteiger partial charge in [-0.2, -0.15) is 0 Å². The number of hydrogen-bond donors (Lipinski definition) is 0. The molecule has 1 aromatic carbocycles. The fourth-order valence-corrected chi connectivity index (χ4v) is 6.01. The van der Waals surface area contributed by atoms with Crippen molar-refractivity contribution in [2.75, 3.05) is 0 Å². The van der Waals surface area contributed by atoms with Crippen molar-refractivity contribution < 1.29 is 4.52 Å². The van der Waals surface area contributed by atoms with Crippen molar-refractivity contribution in [2.24, 2.45) is 5.92 Å². The summed E-state index contributed by atoms with van der Waals surface area (Å²) >= 11 is 0. The van der Waals surface area contributed by atoms with Crippen LogP contribution in [0.5, 0.6) is 0 Å². The Bertz CT molecular complexity index is 1310. The summed E-state index contributed by atoms with van der Waals surface area (Å²) in [5, 5.41) is 4.12. The first-order chi connectivity index (χ1) is 15.5. The van der Waals surface area contributed by atoms with Crippen LogP contribution >= 0.6 is 0 Å². The van der Waals surface area contributed by atoms with Gasteiger partial charge in [0.25, 0.3) is 0 Å². The average molecular weight is 423 g/mol. The van der Waals surface area contributed by atoms with Crippen LogP contribution in [0.25, 0.3) is 22.6 Å². The molecule has 6 rings (SSSR count). The van der Waals surface area contributed by atoms with Crippen LogP contribution in [-0.4, -0.2) is 20.1 Å². The molecule has 3 aromatic heterocycles. The van der Waals surface area contributed by atoms with Gasteiger partial charge < -0.3 is 4.52 Å². The van der Waals surface area contributed by atoms with Gasteiger partial charge in [0.2, 0.25) is 0 Å². The first kappa shape index (κ1) is 19.4. The Kier molecular flexibility index (Phi) is 4.29. The molecule has 0 spiro atoms. The van der Waals surface area contributed by atoms with Crippen LogP contribution < -0.4 is 0 Å². The fraction of sp³-hybridized carbons (Fsp3) is 0.333. The van der Waals surface area contributed by atoms with E-state index >= 15 is 0 Å². The third kappa shape index (κ3) is 2.84. The van der Waals surface area contributed by atoms with Crippen LogP contribution in [0.1, 0.15) is 54.5 Å². The van der Waals surface area contributed by atoms with Gasteiger partial charge in [-0.3, -0.25) is 4.98 Å². The van der Waals surface area contributed by atoms with Gasteiger partial charge >= 0.3 is 0 Å². The van der Waals surface area contributed by atoms with Crippen molar-refractivity contribution in [1.82, 2.24) is 20.1 Å². The lowest BCUT2D eigenvalue weighted by atomic mass is 9.56. The van der Waals surface area contributed by atoms with Crippen LogP contribution in [0, 0.1) is 12.8 Å². The zero-order chi connectivity index (χ0) is 21.9. The number of rotatable bonds is 2. The lowest BCUT2D eigenvalue weighted by Gasteiger charge is -2.47. The highest BCUT2D eigenvalue weighted by Gasteiger charge is 2.50. The van der Waals surface area contributed by atoms with Gasteiger partial charge in [0.15, 0.2) is 5.82 Å². The molecule has 32 heavy (non-hydrogen) atoms. The summed E-state index contributed by atoms with van der Waals surface area (Å²) < 4.78 is 5.66. The monoisotopic (exact) mass is 422 g/mol. The van der Waals surface area contributed by atoms with Gasteiger partial charge in [-0.1, -0.05) is 49.3 Å². The molecule has 0 unspecified atom stereocenters. The smallest absolute Gasteiger partial charge is 0.160 e. The van der Waals surface area contributed by atoms with E-state index in [4.69, 9.17) is 14.5 Å². The first-order valence-corrected chi connectivity index (χ1v) is 11.4. The third-order valence-electron chi connectivity index (χ3n) is 7.52. The molecule has 0 radical (unpaired) electrons. The standard InChI is InChI=1S/C27H26N4O/c1-16-13-19(11-12-28-16)26-30-23(18-7-5-4-6-8-18)21-9-10-22-17(2)24-20(15-29-32-24)14-27(22,3)25(21)31-26/h4-8,11-13,15,17,22H,9-10,14H2,1-3H3/t17-,22-,27-/m1/s1. The molecule has 5 heteroatoms. The molecule has 2 aliphatic carbocycles. The Balaban J connectivity index is 1.61. The number of aryl methyl sites for hydroxylation is 1. The SMILES string of the molecule is Cc1cc(-c2nc(-c3ccccc3)c3c(n2)[C@]2(C)Cc4cnoc4[C@H](C)[C@H]2CC3)ccn1. The predicted octanol–water partition coefficient (Wildman–Crippen LogP) is 5.68. The molecule has 0 saturated heterocycles. The molecule has 0 fully saturated rings. The summed E-state index contributed by atoms with van der Waals surface area (Å²) in [4.78, 5) is 14.8. The summed E-state index contributed by atoms with van der Waals surface area (Å²) in [5.41, 5.74) is 7.78. The lowest BCUT2D eigenvalue weighted by molar-refractivity contribution is 0.172. The molecule has 0 amide bonds. The molecule has 0 aliphatic heterocycles.